The van der Waals surface area contributed by atoms with Crippen LogP contribution in [0.15, 0.2) is 51.8 Å². The third-order valence-corrected chi connectivity index (χ3v) is 5.23. The lowest BCUT2D eigenvalue weighted by Gasteiger charge is -2.09. The summed E-state index contributed by atoms with van der Waals surface area (Å²) in [6, 6.07) is 10.7. The van der Waals surface area contributed by atoms with E-state index in [1.807, 2.05) is 0 Å². The Kier molecular flexibility index (Phi) is 5.23. The van der Waals surface area contributed by atoms with Crippen LogP contribution < -0.4 is 10.3 Å². The summed E-state index contributed by atoms with van der Waals surface area (Å²) in [4.78, 5) is 14.0. The number of hydrogen-bond acceptors (Lipinski definition) is 3. The number of hydrazine groups is 1. The van der Waals surface area contributed by atoms with Crippen LogP contribution in [0.4, 0.5) is 0 Å². The maximum atomic E-state index is 12.1. The molecule has 1 amide bonds. The highest BCUT2D eigenvalue weighted by molar-refractivity contribution is 9.10. The van der Waals surface area contributed by atoms with Crippen molar-refractivity contribution in [1.29, 1.82) is 0 Å². The standard InChI is InChI=1S/C14H12BrClN2O3S/c1-9-8-12(6-7-13(9)15)22(20,21)18-17-14(19)10-2-4-11(16)5-3-10/h2-8,18H,1H3,(H,17,19). The van der Waals surface area contributed by atoms with Gasteiger partial charge in [-0.3, -0.25) is 10.2 Å². The quantitative estimate of drug-likeness (QED) is 0.771. The summed E-state index contributed by atoms with van der Waals surface area (Å²) in [5, 5.41) is 0.488. The lowest BCUT2D eigenvalue weighted by Crippen LogP contribution is -2.41. The van der Waals surface area contributed by atoms with E-state index in [2.05, 4.69) is 26.2 Å². The molecular formula is C14H12BrClN2O3S. The summed E-state index contributed by atoms with van der Waals surface area (Å²) in [7, 11) is -3.84. The normalized spacial score (nSPS) is 11.2. The highest BCUT2D eigenvalue weighted by Crippen LogP contribution is 2.19. The average molecular weight is 404 g/mol. The summed E-state index contributed by atoms with van der Waals surface area (Å²) >= 11 is 9.03. The molecule has 2 aromatic rings. The first-order chi connectivity index (χ1) is 10.3. The molecule has 116 valence electrons. The molecule has 2 aromatic carbocycles. The molecule has 0 unspecified atom stereocenters. The highest BCUT2D eigenvalue weighted by atomic mass is 79.9. The number of carbonyl (C=O) groups is 1. The Morgan fingerprint density at radius 3 is 2.36 bits per heavy atom. The van der Waals surface area contributed by atoms with Gasteiger partial charge in [0, 0.05) is 15.1 Å². The molecule has 0 aliphatic carbocycles. The van der Waals surface area contributed by atoms with E-state index in [1.54, 1.807) is 25.1 Å². The molecule has 0 radical (unpaired) electrons. The largest absolute Gasteiger partial charge is 0.273 e. The van der Waals surface area contributed by atoms with Crippen LogP contribution in [-0.4, -0.2) is 14.3 Å². The summed E-state index contributed by atoms with van der Waals surface area (Å²) < 4.78 is 25.0. The van der Waals surface area contributed by atoms with Gasteiger partial charge in [0.05, 0.1) is 4.90 Å². The third-order valence-electron chi connectivity index (χ3n) is 2.85. The minimum absolute atomic E-state index is 0.0598. The molecule has 0 spiro atoms. The van der Waals surface area contributed by atoms with Gasteiger partial charge in [-0.15, -0.1) is 4.83 Å². The molecule has 0 saturated carbocycles. The van der Waals surface area contributed by atoms with Crippen molar-refractivity contribution in [2.24, 2.45) is 0 Å². The van der Waals surface area contributed by atoms with E-state index < -0.39 is 15.9 Å². The second-order valence-electron chi connectivity index (χ2n) is 4.48. The van der Waals surface area contributed by atoms with Crippen molar-refractivity contribution in [2.45, 2.75) is 11.8 Å². The van der Waals surface area contributed by atoms with Crippen molar-refractivity contribution in [3.05, 3.63) is 63.1 Å². The Morgan fingerprint density at radius 1 is 1.14 bits per heavy atom. The smallest absolute Gasteiger partial charge is 0.266 e. The Bertz CT molecular complexity index is 807. The summed E-state index contributed by atoms with van der Waals surface area (Å²) in [6.07, 6.45) is 0. The number of aryl methyl sites for hydroxylation is 1. The zero-order valence-electron chi connectivity index (χ0n) is 11.4. The Balaban J connectivity index is 2.10. The van der Waals surface area contributed by atoms with Crippen LogP contribution >= 0.6 is 27.5 Å². The molecule has 0 aliphatic rings. The van der Waals surface area contributed by atoms with Crippen LogP contribution in [0.25, 0.3) is 0 Å². The van der Waals surface area contributed by atoms with Gasteiger partial charge in [0.2, 0.25) is 0 Å². The molecule has 0 saturated heterocycles. The number of sulfonamides is 1. The van der Waals surface area contributed by atoms with Crippen molar-refractivity contribution in [3.8, 4) is 0 Å². The lowest BCUT2D eigenvalue weighted by atomic mass is 10.2. The van der Waals surface area contributed by atoms with Crippen molar-refractivity contribution in [2.75, 3.05) is 0 Å². The van der Waals surface area contributed by atoms with Crippen LogP contribution in [0, 0.1) is 6.92 Å². The summed E-state index contributed by atoms with van der Waals surface area (Å²) in [6.45, 7) is 1.77. The Morgan fingerprint density at radius 2 is 1.77 bits per heavy atom. The second kappa shape index (κ2) is 6.78. The number of carbonyl (C=O) groups excluding carboxylic acids is 1. The zero-order chi connectivity index (χ0) is 16.3. The van der Waals surface area contributed by atoms with E-state index in [0.29, 0.717) is 10.6 Å². The van der Waals surface area contributed by atoms with Crippen molar-refractivity contribution in [3.63, 3.8) is 0 Å². The predicted molar refractivity (Wildman–Crippen MR) is 88.1 cm³/mol. The van der Waals surface area contributed by atoms with E-state index >= 15 is 0 Å². The van der Waals surface area contributed by atoms with Gasteiger partial charge in [0.1, 0.15) is 0 Å². The number of amides is 1. The fourth-order valence-electron chi connectivity index (χ4n) is 1.63. The van der Waals surface area contributed by atoms with Crippen molar-refractivity contribution >= 4 is 43.5 Å². The summed E-state index contributed by atoms with van der Waals surface area (Å²) in [5.74, 6) is -0.575. The third kappa shape index (κ3) is 4.07. The van der Waals surface area contributed by atoms with Crippen LogP contribution in [0.2, 0.25) is 5.02 Å². The van der Waals surface area contributed by atoms with Gasteiger partial charge >= 0.3 is 0 Å². The first kappa shape index (κ1) is 17.0. The Labute approximate surface area is 141 Å². The number of hydrogen-bond donors (Lipinski definition) is 2. The van der Waals surface area contributed by atoms with E-state index in [1.165, 1.54) is 24.3 Å². The minimum atomic E-state index is -3.84. The first-order valence-corrected chi connectivity index (χ1v) is 8.79. The molecular weight excluding hydrogens is 392 g/mol. The van der Waals surface area contributed by atoms with Crippen LogP contribution in [0.1, 0.15) is 15.9 Å². The molecule has 8 heteroatoms. The van der Waals surface area contributed by atoms with Crippen LogP contribution in [-0.2, 0) is 10.0 Å². The molecule has 0 atom stereocenters. The minimum Gasteiger partial charge on any atom is -0.273 e. The van der Waals surface area contributed by atoms with Gasteiger partial charge in [-0.05, 0) is 55.0 Å². The van der Waals surface area contributed by atoms with E-state index in [4.69, 9.17) is 11.6 Å². The number of halogens is 2. The second-order valence-corrected chi connectivity index (χ2v) is 7.45. The number of benzene rings is 2. The number of rotatable bonds is 4. The molecule has 0 fully saturated rings. The first-order valence-electron chi connectivity index (χ1n) is 6.13. The average Bonchev–Trinajstić information content (AvgIpc) is 2.48. The monoisotopic (exact) mass is 402 g/mol. The predicted octanol–water partition coefficient (Wildman–Crippen LogP) is 3.03. The van der Waals surface area contributed by atoms with Gasteiger partial charge in [-0.1, -0.05) is 27.5 Å². The van der Waals surface area contributed by atoms with E-state index in [-0.39, 0.29) is 4.90 Å². The topological polar surface area (TPSA) is 75.3 Å². The van der Waals surface area contributed by atoms with Crippen LogP contribution in [0.3, 0.4) is 0 Å². The molecule has 2 N–H and O–H groups in total. The van der Waals surface area contributed by atoms with Gasteiger partial charge in [0.25, 0.3) is 15.9 Å². The van der Waals surface area contributed by atoms with E-state index in [9.17, 15) is 13.2 Å². The maximum Gasteiger partial charge on any atom is 0.266 e. The fraction of sp³-hybridized carbons (Fsp3) is 0.0714. The van der Waals surface area contributed by atoms with Gasteiger partial charge in [-0.2, -0.15) is 0 Å². The molecule has 0 heterocycles. The van der Waals surface area contributed by atoms with Crippen LogP contribution in [0.5, 0.6) is 0 Å². The van der Waals surface area contributed by atoms with Crippen molar-refractivity contribution < 1.29 is 13.2 Å². The molecule has 0 bridgehead atoms. The fourth-order valence-corrected chi connectivity index (χ4v) is 2.93. The molecule has 2 rings (SSSR count). The highest BCUT2D eigenvalue weighted by Gasteiger charge is 2.16. The molecule has 22 heavy (non-hydrogen) atoms. The molecule has 0 aliphatic heterocycles. The summed E-state index contributed by atoms with van der Waals surface area (Å²) in [5.41, 5.74) is 3.22. The lowest BCUT2D eigenvalue weighted by molar-refractivity contribution is 0.0945. The molecule has 5 nitrogen and oxygen atoms in total. The van der Waals surface area contributed by atoms with Gasteiger partial charge in [-0.25, -0.2) is 8.42 Å². The maximum absolute atomic E-state index is 12.1. The van der Waals surface area contributed by atoms with Gasteiger partial charge < -0.3 is 0 Å². The van der Waals surface area contributed by atoms with E-state index in [0.717, 1.165) is 10.0 Å². The van der Waals surface area contributed by atoms with Gasteiger partial charge in [0.15, 0.2) is 0 Å². The number of nitrogens with one attached hydrogen (secondary N) is 2. The zero-order valence-corrected chi connectivity index (χ0v) is 14.6. The Hall–Kier alpha value is -1.41. The molecule has 0 aromatic heterocycles. The van der Waals surface area contributed by atoms with Crippen molar-refractivity contribution in [1.82, 2.24) is 10.3 Å². The SMILES string of the molecule is Cc1cc(S(=O)(=O)NNC(=O)c2ccc(Cl)cc2)ccc1Br.